The Balaban J connectivity index is 2.08. The van der Waals surface area contributed by atoms with Crippen LogP contribution in [0, 0.1) is 0 Å². The maximum atomic E-state index is 11.8. The zero-order valence-electron chi connectivity index (χ0n) is 12.0. The molecule has 0 saturated carbocycles. The van der Waals surface area contributed by atoms with Crippen molar-refractivity contribution >= 4 is 16.7 Å². The molecule has 0 fully saturated rings. The molecular weight excluding hydrogens is 254 g/mol. The summed E-state index contributed by atoms with van der Waals surface area (Å²) in [6, 6.07) is 10.8. The van der Waals surface area contributed by atoms with Gasteiger partial charge in [-0.2, -0.15) is 0 Å². The quantitative estimate of drug-likeness (QED) is 0.932. The Labute approximate surface area is 118 Å². The molecule has 0 saturated heterocycles. The van der Waals surface area contributed by atoms with E-state index in [1.807, 2.05) is 38.1 Å². The highest BCUT2D eigenvalue weighted by Crippen LogP contribution is 2.24. The van der Waals surface area contributed by atoms with Crippen molar-refractivity contribution in [3.8, 4) is 11.5 Å². The standard InChI is InChI=1S/C16H19NO3/c1-11(2)17(3)16(19)10-20-15-7-5-12-4-6-14(18)8-13(12)9-15/h4-9,11,18H,10H2,1-3H3. The van der Waals surface area contributed by atoms with Crippen LogP contribution in [-0.4, -0.2) is 35.6 Å². The minimum Gasteiger partial charge on any atom is -0.508 e. The molecule has 0 unspecified atom stereocenters. The summed E-state index contributed by atoms with van der Waals surface area (Å²) in [5.74, 6) is 0.773. The molecule has 0 atom stereocenters. The molecule has 106 valence electrons. The number of amides is 1. The van der Waals surface area contributed by atoms with E-state index in [1.165, 1.54) is 0 Å². The first-order valence-corrected chi connectivity index (χ1v) is 6.58. The van der Waals surface area contributed by atoms with Gasteiger partial charge in [-0.05, 0) is 48.9 Å². The first-order chi connectivity index (χ1) is 9.47. The minimum absolute atomic E-state index is 0.0129. The lowest BCUT2D eigenvalue weighted by atomic mass is 10.1. The molecule has 0 aliphatic rings. The van der Waals surface area contributed by atoms with Crippen molar-refractivity contribution < 1.29 is 14.6 Å². The number of carbonyl (C=O) groups excluding carboxylic acids is 1. The van der Waals surface area contributed by atoms with E-state index in [0.29, 0.717) is 5.75 Å². The fraction of sp³-hybridized carbons (Fsp3) is 0.312. The second kappa shape index (κ2) is 5.82. The second-order valence-electron chi connectivity index (χ2n) is 5.08. The summed E-state index contributed by atoms with van der Waals surface area (Å²) in [6.07, 6.45) is 0. The van der Waals surface area contributed by atoms with Crippen LogP contribution in [0.5, 0.6) is 11.5 Å². The molecule has 0 bridgehead atoms. The van der Waals surface area contributed by atoms with E-state index in [9.17, 15) is 9.90 Å². The molecule has 0 heterocycles. The van der Waals surface area contributed by atoms with Gasteiger partial charge in [0.15, 0.2) is 6.61 Å². The van der Waals surface area contributed by atoms with E-state index < -0.39 is 0 Å². The van der Waals surface area contributed by atoms with E-state index >= 15 is 0 Å². The molecule has 1 N–H and O–H groups in total. The second-order valence-corrected chi connectivity index (χ2v) is 5.08. The van der Waals surface area contributed by atoms with E-state index in [2.05, 4.69) is 0 Å². The monoisotopic (exact) mass is 273 g/mol. The largest absolute Gasteiger partial charge is 0.508 e. The van der Waals surface area contributed by atoms with Gasteiger partial charge in [-0.1, -0.05) is 12.1 Å². The zero-order chi connectivity index (χ0) is 14.7. The third-order valence-corrected chi connectivity index (χ3v) is 3.33. The van der Waals surface area contributed by atoms with Gasteiger partial charge in [0.25, 0.3) is 5.91 Å². The first-order valence-electron chi connectivity index (χ1n) is 6.58. The van der Waals surface area contributed by atoms with Crippen molar-refractivity contribution in [3.05, 3.63) is 36.4 Å². The van der Waals surface area contributed by atoms with Crippen LogP contribution < -0.4 is 4.74 Å². The maximum absolute atomic E-state index is 11.8. The van der Waals surface area contributed by atoms with Crippen molar-refractivity contribution in [3.63, 3.8) is 0 Å². The number of aromatic hydroxyl groups is 1. The Morgan fingerprint density at radius 3 is 2.60 bits per heavy atom. The Kier molecular flexibility index (Phi) is 4.13. The molecule has 2 rings (SSSR count). The highest BCUT2D eigenvalue weighted by molar-refractivity contribution is 5.85. The number of hydrogen-bond donors (Lipinski definition) is 1. The summed E-state index contributed by atoms with van der Waals surface area (Å²) < 4.78 is 5.51. The Hall–Kier alpha value is -2.23. The lowest BCUT2D eigenvalue weighted by molar-refractivity contribution is -0.133. The van der Waals surface area contributed by atoms with E-state index in [0.717, 1.165) is 10.8 Å². The molecule has 1 amide bonds. The van der Waals surface area contributed by atoms with Gasteiger partial charge < -0.3 is 14.7 Å². The predicted molar refractivity (Wildman–Crippen MR) is 79.0 cm³/mol. The lowest BCUT2D eigenvalue weighted by Crippen LogP contribution is -2.36. The number of benzene rings is 2. The fourth-order valence-corrected chi connectivity index (χ4v) is 1.84. The van der Waals surface area contributed by atoms with E-state index in [4.69, 9.17) is 4.74 Å². The summed E-state index contributed by atoms with van der Waals surface area (Å²) in [7, 11) is 1.76. The normalized spacial score (nSPS) is 10.8. The van der Waals surface area contributed by atoms with Crippen molar-refractivity contribution in [2.24, 2.45) is 0 Å². The molecule has 4 heteroatoms. The summed E-state index contributed by atoms with van der Waals surface area (Å²) in [5.41, 5.74) is 0. The molecule has 0 aliphatic heterocycles. The number of fused-ring (bicyclic) bond motifs is 1. The zero-order valence-corrected chi connectivity index (χ0v) is 12.0. The SMILES string of the molecule is CC(C)N(C)C(=O)COc1ccc2ccc(O)cc2c1. The van der Waals surface area contributed by atoms with Crippen molar-refractivity contribution in [1.82, 2.24) is 4.90 Å². The van der Waals surface area contributed by atoms with Crippen molar-refractivity contribution in [1.29, 1.82) is 0 Å². The van der Waals surface area contributed by atoms with Crippen molar-refractivity contribution in [2.75, 3.05) is 13.7 Å². The maximum Gasteiger partial charge on any atom is 0.260 e. The van der Waals surface area contributed by atoms with Crippen LogP contribution in [0.1, 0.15) is 13.8 Å². The Morgan fingerprint density at radius 2 is 1.90 bits per heavy atom. The Bertz CT molecular complexity index is 622. The van der Waals surface area contributed by atoms with Gasteiger partial charge in [-0.25, -0.2) is 0 Å². The van der Waals surface area contributed by atoms with Gasteiger partial charge in [0.2, 0.25) is 0 Å². The number of nitrogens with zero attached hydrogens (tertiary/aromatic N) is 1. The molecule has 0 spiro atoms. The summed E-state index contributed by atoms with van der Waals surface area (Å²) in [5, 5.41) is 11.4. The fourth-order valence-electron chi connectivity index (χ4n) is 1.84. The van der Waals surface area contributed by atoms with Crippen molar-refractivity contribution in [2.45, 2.75) is 19.9 Å². The summed E-state index contributed by atoms with van der Waals surface area (Å²) in [4.78, 5) is 13.5. The van der Waals surface area contributed by atoms with Gasteiger partial charge >= 0.3 is 0 Å². The number of phenols is 1. The predicted octanol–water partition coefficient (Wildman–Crippen LogP) is 2.79. The average Bonchev–Trinajstić information content (AvgIpc) is 2.43. The smallest absolute Gasteiger partial charge is 0.260 e. The van der Waals surface area contributed by atoms with Crippen LogP contribution >= 0.6 is 0 Å². The van der Waals surface area contributed by atoms with Crippen LogP contribution in [0.15, 0.2) is 36.4 Å². The number of carbonyl (C=O) groups is 1. The molecule has 20 heavy (non-hydrogen) atoms. The molecular formula is C16H19NO3. The molecule has 2 aromatic rings. The van der Waals surface area contributed by atoms with E-state index in [1.54, 1.807) is 24.1 Å². The lowest BCUT2D eigenvalue weighted by Gasteiger charge is -2.21. The minimum atomic E-state index is -0.0593. The van der Waals surface area contributed by atoms with Gasteiger partial charge in [-0.3, -0.25) is 4.79 Å². The highest BCUT2D eigenvalue weighted by atomic mass is 16.5. The first kappa shape index (κ1) is 14.2. The number of ether oxygens (including phenoxy) is 1. The van der Waals surface area contributed by atoms with Gasteiger partial charge in [0, 0.05) is 13.1 Å². The number of likely N-dealkylation sites (N-methyl/N-ethyl adjacent to an activating group) is 1. The topological polar surface area (TPSA) is 49.8 Å². The molecule has 0 aliphatic carbocycles. The third kappa shape index (κ3) is 3.20. The number of hydrogen-bond acceptors (Lipinski definition) is 3. The molecule has 4 nitrogen and oxygen atoms in total. The van der Waals surface area contributed by atoms with E-state index in [-0.39, 0.29) is 24.3 Å². The third-order valence-electron chi connectivity index (χ3n) is 3.33. The molecule has 0 radical (unpaired) electrons. The van der Waals surface area contributed by atoms with Crippen LogP contribution in [0.2, 0.25) is 0 Å². The van der Waals surface area contributed by atoms with Gasteiger partial charge in [0.1, 0.15) is 11.5 Å². The van der Waals surface area contributed by atoms with Crippen LogP contribution in [-0.2, 0) is 4.79 Å². The highest BCUT2D eigenvalue weighted by Gasteiger charge is 2.12. The number of rotatable bonds is 4. The number of phenolic OH excluding ortho intramolecular Hbond substituents is 1. The van der Waals surface area contributed by atoms with Gasteiger partial charge in [-0.15, -0.1) is 0 Å². The van der Waals surface area contributed by atoms with Gasteiger partial charge in [0.05, 0.1) is 0 Å². The molecule has 2 aromatic carbocycles. The molecule has 0 aromatic heterocycles. The summed E-state index contributed by atoms with van der Waals surface area (Å²) in [6.45, 7) is 3.92. The van der Waals surface area contributed by atoms with Crippen LogP contribution in [0.25, 0.3) is 10.8 Å². The van der Waals surface area contributed by atoms with Crippen LogP contribution in [0.3, 0.4) is 0 Å². The summed E-state index contributed by atoms with van der Waals surface area (Å²) >= 11 is 0. The Morgan fingerprint density at radius 1 is 1.20 bits per heavy atom. The van der Waals surface area contributed by atoms with Crippen LogP contribution in [0.4, 0.5) is 0 Å². The average molecular weight is 273 g/mol.